The van der Waals surface area contributed by atoms with Crippen LogP contribution in [0, 0.1) is 12.8 Å². The summed E-state index contributed by atoms with van der Waals surface area (Å²) in [6.45, 7) is 6.26. The molecule has 0 heterocycles. The van der Waals surface area contributed by atoms with E-state index >= 15 is 0 Å². The topological polar surface area (TPSA) is 58.3 Å². The van der Waals surface area contributed by atoms with Crippen molar-refractivity contribution in [1.82, 2.24) is 0 Å². The molecule has 2 unspecified atom stereocenters. The first kappa shape index (κ1) is 11.9. The number of nitrogens with one attached hydrogen (secondary N) is 1. The van der Waals surface area contributed by atoms with Crippen LogP contribution in [0.5, 0.6) is 0 Å². The quantitative estimate of drug-likeness (QED) is 0.663. The molecular formula is C12H20N2O. The fourth-order valence-corrected chi connectivity index (χ4v) is 1.42. The molecule has 2 atom stereocenters. The van der Waals surface area contributed by atoms with E-state index in [-0.39, 0.29) is 18.6 Å². The van der Waals surface area contributed by atoms with Crippen LogP contribution in [0.1, 0.15) is 19.4 Å². The molecule has 3 heteroatoms. The van der Waals surface area contributed by atoms with Crippen LogP contribution >= 0.6 is 0 Å². The summed E-state index contributed by atoms with van der Waals surface area (Å²) < 4.78 is 0. The molecule has 0 aromatic heterocycles. The molecule has 0 bridgehead atoms. The first-order valence-corrected chi connectivity index (χ1v) is 5.28. The Morgan fingerprint density at radius 3 is 2.60 bits per heavy atom. The van der Waals surface area contributed by atoms with Gasteiger partial charge in [-0.1, -0.05) is 19.1 Å². The largest absolute Gasteiger partial charge is 0.397 e. The fourth-order valence-electron chi connectivity index (χ4n) is 1.42. The average molecular weight is 208 g/mol. The van der Waals surface area contributed by atoms with Gasteiger partial charge in [0.2, 0.25) is 0 Å². The lowest BCUT2D eigenvalue weighted by molar-refractivity contribution is 0.226. The van der Waals surface area contributed by atoms with E-state index in [1.807, 2.05) is 39.0 Å². The Hall–Kier alpha value is -1.22. The predicted molar refractivity (Wildman–Crippen MR) is 64.9 cm³/mol. The highest BCUT2D eigenvalue weighted by Crippen LogP contribution is 2.24. The Labute approximate surface area is 91.3 Å². The molecule has 0 fully saturated rings. The maximum atomic E-state index is 9.05. The van der Waals surface area contributed by atoms with Crippen LogP contribution in [0.2, 0.25) is 0 Å². The molecular weight excluding hydrogens is 188 g/mol. The monoisotopic (exact) mass is 208 g/mol. The molecule has 0 aliphatic rings. The van der Waals surface area contributed by atoms with E-state index in [1.165, 1.54) is 0 Å². The molecule has 1 rings (SSSR count). The third kappa shape index (κ3) is 2.86. The van der Waals surface area contributed by atoms with Gasteiger partial charge in [-0.15, -0.1) is 0 Å². The number of rotatable bonds is 4. The second-order valence-corrected chi connectivity index (χ2v) is 4.13. The second kappa shape index (κ2) is 5.03. The number of nitrogens with two attached hydrogens (primary N) is 1. The zero-order valence-electron chi connectivity index (χ0n) is 9.62. The lowest BCUT2D eigenvalue weighted by Gasteiger charge is -2.22. The minimum atomic E-state index is 0.181. The van der Waals surface area contributed by atoms with Crippen molar-refractivity contribution in [3.05, 3.63) is 23.8 Å². The highest BCUT2D eigenvalue weighted by molar-refractivity contribution is 5.70. The molecule has 84 valence electrons. The van der Waals surface area contributed by atoms with Gasteiger partial charge in [0.05, 0.1) is 11.4 Å². The average Bonchev–Trinajstić information content (AvgIpc) is 2.22. The first-order valence-electron chi connectivity index (χ1n) is 5.28. The number of hydrogen-bond acceptors (Lipinski definition) is 3. The summed E-state index contributed by atoms with van der Waals surface area (Å²) in [6.07, 6.45) is 0. The number of aliphatic hydroxyl groups is 1. The number of anilines is 2. The van der Waals surface area contributed by atoms with Crippen molar-refractivity contribution < 1.29 is 5.11 Å². The molecule has 1 aromatic carbocycles. The van der Waals surface area contributed by atoms with Crippen molar-refractivity contribution in [1.29, 1.82) is 0 Å². The molecule has 3 nitrogen and oxygen atoms in total. The summed E-state index contributed by atoms with van der Waals surface area (Å²) in [5, 5.41) is 12.4. The van der Waals surface area contributed by atoms with Crippen LogP contribution in [-0.2, 0) is 0 Å². The van der Waals surface area contributed by atoms with Crippen LogP contribution < -0.4 is 11.1 Å². The number of aliphatic hydroxyl groups excluding tert-OH is 1. The van der Waals surface area contributed by atoms with Gasteiger partial charge in [-0.2, -0.15) is 0 Å². The van der Waals surface area contributed by atoms with Crippen LogP contribution in [0.15, 0.2) is 18.2 Å². The van der Waals surface area contributed by atoms with Crippen molar-refractivity contribution in [2.24, 2.45) is 5.92 Å². The van der Waals surface area contributed by atoms with Gasteiger partial charge in [0.1, 0.15) is 0 Å². The van der Waals surface area contributed by atoms with E-state index in [9.17, 15) is 0 Å². The number of nitrogen functional groups attached to an aromatic ring is 1. The Kier molecular flexibility index (Phi) is 3.97. The molecule has 0 aliphatic heterocycles. The number of para-hydroxylation sites is 1. The molecule has 0 spiro atoms. The van der Waals surface area contributed by atoms with Crippen molar-refractivity contribution in [3.63, 3.8) is 0 Å². The van der Waals surface area contributed by atoms with Gasteiger partial charge in [0, 0.05) is 12.6 Å². The molecule has 4 N–H and O–H groups in total. The van der Waals surface area contributed by atoms with Crippen LogP contribution in [0.25, 0.3) is 0 Å². The van der Waals surface area contributed by atoms with Crippen molar-refractivity contribution >= 4 is 11.4 Å². The van der Waals surface area contributed by atoms with Gasteiger partial charge in [-0.05, 0) is 31.4 Å². The van der Waals surface area contributed by atoms with Gasteiger partial charge in [0.15, 0.2) is 0 Å². The third-order valence-corrected chi connectivity index (χ3v) is 2.82. The Bertz CT molecular complexity index is 305. The van der Waals surface area contributed by atoms with Gasteiger partial charge in [-0.3, -0.25) is 0 Å². The Morgan fingerprint density at radius 2 is 2.07 bits per heavy atom. The lowest BCUT2D eigenvalue weighted by Crippen LogP contribution is -2.27. The van der Waals surface area contributed by atoms with Crippen molar-refractivity contribution in [3.8, 4) is 0 Å². The van der Waals surface area contributed by atoms with Crippen LogP contribution in [0.3, 0.4) is 0 Å². The molecule has 0 saturated heterocycles. The first-order chi connectivity index (χ1) is 7.06. The van der Waals surface area contributed by atoms with Gasteiger partial charge >= 0.3 is 0 Å². The van der Waals surface area contributed by atoms with E-state index < -0.39 is 0 Å². The summed E-state index contributed by atoms with van der Waals surface area (Å²) in [4.78, 5) is 0. The van der Waals surface area contributed by atoms with E-state index in [4.69, 9.17) is 10.8 Å². The zero-order chi connectivity index (χ0) is 11.4. The predicted octanol–water partition coefficient (Wildman–Crippen LogP) is 2.01. The normalized spacial score (nSPS) is 14.7. The number of benzene rings is 1. The van der Waals surface area contributed by atoms with E-state index in [1.54, 1.807) is 0 Å². The summed E-state index contributed by atoms with van der Waals surface area (Å²) in [5.74, 6) is 0.212. The maximum absolute atomic E-state index is 9.05. The van der Waals surface area contributed by atoms with Crippen LogP contribution in [-0.4, -0.2) is 17.8 Å². The summed E-state index contributed by atoms with van der Waals surface area (Å²) >= 11 is 0. The van der Waals surface area contributed by atoms with Crippen LogP contribution in [0.4, 0.5) is 11.4 Å². The third-order valence-electron chi connectivity index (χ3n) is 2.82. The van der Waals surface area contributed by atoms with Gasteiger partial charge in [-0.25, -0.2) is 0 Å². The maximum Gasteiger partial charge on any atom is 0.0605 e. The van der Waals surface area contributed by atoms with Crippen molar-refractivity contribution in [2.75, 3.05) is 17.7 Å². The molecule has 0 saturated carbocycles. The summed E-state index contributed by atoms with van der Waals surface area (Å²) in [7, 11) is 0. The minimum Gasteiger partial charge on any atom is -0.397 e. The lowest BCUT2D eigenvalue weighted by atomic mass is 10.0. The SMILES string of the molecule is Cc1cccc(N)c1NC(C)C(C)CO. The second-order valence-electron chi connectivity index (χ2n) is 4.13. The van der Waals surface area contributed by atoms with Gasteiger partial charge < -0.3 is 16.2 Å². The number of aryl methyl sites for hydroxylation is 1. The van der Waals surface area contributed by atoms with E-state index in [2.05, 4.69) is 5.32 Å². The summed E-state index contributed by atoms with van der Waals surface area (Å²) in [5.41, 5.74) is 8.75. The highest BCUT2D eigenvalue weighted by Gasteiger charge is 2.12. The standard InChI is InChI=1S/C12H20N2O/c1-8-5-4-6-11(13)12(8)14-10(3)9(2)7-15/h4-6,9-10,14-15H,7,13H2,1-3H3. The molecule has 1 aromatic rings. The smallest absolute Gasteiger partial charge is 0.0605 e. The Morgan fingerprint density at radius 1 is 1.40 bits per heavy atom. The molecule has 0 amide bonds. The minimum absolute atomic E-state index is 0.181. The molecule has 15 heavy (non-hydrogen) atoms. The van der Waals surface area contributed by atoms with E-state index in [0.717, 1.165) is 16.9 Å². The molecule has 0 radical (unpaired) electrons. The number of hydrogen-bond donors (Lipinski definition) is 3. The van der Waals surface area contributed by atoms with E-state index in [0.29, 0.717) is 0 Å². The Balaban J connectivity index is 2.80. The summed E-state index contributed by atoms with van der Waals surface area (Å²) in [6, 6.07) is 6.05. The molecule has 0 aliphatic carbocycles. The zero-order valence-corrected chi connectivity index (χ0v) is 9.62. The highest BCUT2D eigenvalue weighted by atomic mass is 16.3. The van der Waals surface area contributed by atoms with Gasteiger partial charge in [0.25, 0.3) is 0 Å². The van der Waals surface area contributed by atoms with Crippen molar-refractivity contribution in [2.45, 2.75) is 26.8 Å². The fraction of sp³-hybridized carbons (Fsp3) is 0.500.